The van der Waals surface area contributed by atoms with Gasteiger partial charge in [-0.1, -0.05) is 41.9 Å². The van der Waals surface area contributed by atoms with Gasteiger partial charge in [0.1, 0.15) is 5.82 Å². The minimum atomic E-state index is -0.255. The number of imidazole rings is 1. The van der Waals surface area contributed by atoms with Gasteiger partial charge < -0.3 is 14.9 Å². The summed E-state index contributed by atoms with van der Waals surface area (Å²) in [5.74, 6) is 0.679. The molecule has 5 rings (SSSR count). The van der Waals surface area contributed by atoms with Crippen LogP contribution in [0.5, 0.6) is 0 Å². The number of nitrogens with one attached hydrogen (secondary N) is 2. The van der Waals surface area contributed by atoms with Gasteiger partial charge >= 0.3 is 0 Å². The summed E-state index contributed by atoms with van der Waals surface area (Å²) >= 11 is 6.13. The van der Waals surface area contributed by atoms with E-state index in [2.05, 4.69) is 37.0 Å². The van der Waals surface area contributed by atoms with Crippen molar-refractivity contribution < 1.29 is 0 Å². The first-order chi connectivity index (χ1) is 16.1. The molecule has 0 unspecified atom stereocenters. The Bertz CT molecular complexity index is 1480. The van der Waals surface area contributed by atoms with Gasteiger partial charge in [0.25, 0.3) is 5.56 Å². The zero-order valence-electron chi connectivity index (χ0n) is 18.0. The van der Waals surface area contributed by atoms with E-state index in [0.717, 1.165) is 28.7 Å². The Morgan fingerprint density at radius 3 is 2.79 bits per heavy atom. The Morgan fingerprint density at radius 2 is 1.94 bits per heavy atom. The first-order valence-corrected chi connectivity index (χ1v) is 11.0. The van der Waals surface area contributed by atoms with E-state index in [9.17, 15) is 4.79 Å². The van der Waals surface area contributed by atoms with Gasteiger partial charge in [0.15, 0.2) is 0 Å². The Balaban J connectivity index is 1.41. The lowest BCUT2D eigenvalue weighted by molar-refractivity contribution is 0.804. The molecule has 0 bridgehead atoms. The van der Waals surface area contributed by atoms with Crippen LogP contribution < -0.4 is 10.9 Å². The zero-order chi connectivity index (χ0) is 22.8. The number of hydrogen-bond donors (Lipinski definition) is 2. The first-order valence-electron chi connectivity index (χ1n) is 10.7. The fourth-order valence-electron chi connectivity index (χ4n) is 3.95. The third-order valence-electron chi connectivity index (χ3n) is 5.63. The average molecular weight is 456 g/mol. The average Bonchev–Trinajstić information content (AvgIpc) is 3.28. The molecule has 0 aliphatic heterocycles. The van der Waals surface area contributed by atoms with Crippen molar-refractivity contribution in [1.29, 1.82) is 0 Å². The molecule has 1 atom stereocenters. The molecule has 164 valence electrons. The number of rotatable bonds is 6. The van der Waals surface area contributed by atoms with Crippen LogP contribution in [-0.2, 0) is 6.54 Å². The van der Waals surface area contributed by atoms with Crippen LogP contribution in [0, 0.1) is 0 Å². The molecule has 0 fully saturated rings. The molecule has 7 heteroatoms. The number of H-pyrrole nitrogens is 1. The molecule has 0 saturated heterocycles. The predicted molar refractivity (Wildman–Crippen MR) is 133 cm³/mol. The first kappa shape index (κ1) is 21.0. The van der Waals surface area contributed by atoms with E-state index >= 15 is 0 Å². The molecule has 33 heavy (non-hydrogen) atoms. The van der Waals surface area contributed by atoms with E-state index in [-0.39, 0.29) is 11.6 Å². The van der Waals surface area contributed by atoms with E-state index in [1.807, 2.05) is 68.0 Å². The lowest BCUT2D eigenvalue weighted by Crippen LogP contribution is -2.19. The number of hydrogen-bond acceptors (Lipinski definition) is 4. The van der Waals surface area contributed by atoms with Crippen LogP contribution in [0.25, 0.3) is 22.2 Å². The van der Waals surface area contributed by atoms with E-state index in [1.54, 1.807) is 12.3 Å². The van der Waals surface area contributed by atoms with Crippen LogP contribution in [0.15, 0.2) is 90.2 Å². The predicted octanol–water partition coefficient (Wildman–Crippen LogP) is 5.66. The number of benzene rings is 2. The minimum absolute atomic E-state index is 0.137. The Morgan fingerprint density at radius 1 is 1.09 bits per heavy atom. The van der Waals surface area contributed by atoms with Gasteiger partial charge in [-0.05, 0) is 48.9 Å². The maximum absolute atomic E-state index is 12.7. The van der Waals surface area contributed by atoms with Crippen molar-refractivity contribution in [3.8, 4) is 11.3 Å². The van der Waals surface area contributed by atoms with E-state index in [1.165, 1.54) is 5.56 Å². The van der Waals surface area contributed by atoms with Crippen LogP contribution in [0.4, 0.5) is 5.82 Å². The van der Waals surface area contributed by atoms with Gasteiger partial charge in [0.2, 0.25) is 0 Å². The quantitative estimate of drug-likeness (QED) is 0.346. The van der Waals surface area contributed by atoms with Gasteiger partial charge in [0.05, 0.1) is 24.3 Å². The second-order valence-corrected chi connectivity index (χ2v) is 8.41. The van der Waals surface area contributed by atoms with Crippen molar-refractivity contribution in [3.05, 3.63) is 112 Å². The molecule has 3 heterocycles. The summed E-state index contributed by atoms with van der Waals surface area (Å²) in [5, 5.41) is 4.87. The lowest BCUT2D eigenvalue weighted by Gasteiger charge is -2.16. The number of fused-ring (bicyclic) bond motifs is 1. The van der Waals surface area contributed by atoms with Crippen molar-refractivity contribution in [2.24, 2.45) is 0 Å². The fourth-order valence-corrected chi connectivity index (χ4v) is 4.13. The third-order valence-corrected chi connectivity index (χ3v) is 5.86. The number of aromatic nitrogens is 4. The zero-order valence-corrected chi connectivity index (χ0v) is 18.8. The molecular formula is C26H22ClN5O. The summed E-state index contributed by atoms with van der Waals surface area (Å²) in [6, 6.07) is 21.2. The molecular weight excluding hydrogens is 434 g/mol. The normalized spacial score (nSPS) is 12.1. The van der Waals surface area contributed by atoms with Crippen LogP contribution >= 0.6 is 11.6 Å². The molecule has 0 saturated carbocycles. The number of nitrogens with zero attached hydrogens (tertiary/aromatic N) is 3. The highest BCUT2D eigenvalue weighted by molar-refractivity contribution is 6.31. The van der Waals surface area contributed by atoms with Crippen LogP contribution in [0.1, 0.15) is 24.1 Å². The summed E-state index contributed by atoms with van der Waals surface area (Å²) in [6.45, 7) is 2.67. The summed E-state index contributed by atoms with van der Waals surface area (Å²) in [6.07, 6.45) is 5.44. The number of aromatic amines is 1. The lowest BCUT2D eigenvalue weighted by atomic mass is 10.1. The van der Waals surface area contributed by atoms with E-state index in [4.69, 9.17) is 11.6 Å². The summed E-state index contributed by atoms with van der Waals surface area (Å²) in [7, 11) is 0. The summed E-state index contributed by atoms with van der Waals surface area (Å²) < 4.78 is 2.11. The topological polar surface area (TPSA) is 75.6 Å². The molecule has 2 aromatic carbocycles. The number of halogens is 1. The maximum Gasteiger partial charge on any atom is 0.253 e. The molecule has 0 aliphatic rings. The molecule has 2 N–H and O–H groups in total. The van der Waals surface area contributed by atoms with Gasteiger partial charge in [-0.2, -0.15) is 0 Å². The maximum atomic E-state index is 12.7. The summed E-state index contributed by atoms with van der Waals surface area (Å²) in [4.78, 5) is 24.4. The van der Waals surface area contributed by atoms with Gasteiger partial charge in [-0.25, -0.2) is 9.97 Å². The Hall–Kier alpha value is -3.90. The van der Waals surface area contributed by atoms with E-state index in [0.29, 0.717) is 16.4 Å². The number of pyridine rings is 2. The molecule has 0 radical (unpaired) electrons. The highest BCUT2D eigenvalue weighted by Gasteiger charge is 2.13. The second-order valence-electron chi connectivity index (χ2n) is 7.97. The molecule has 6 nitrogen and oxygen atoms in total. The highest BCUT2D eigenvalue weighted by atomic mass is 35.5. The highest BCUT2D eigenvalue weighted by Crippen LogP contribution is 2.25. The van der Waals surface area contributed by atoms with Crippen molar-refractivity contribution in [2.45, 2.75) is 19.5 Å². The van der Waals surface area contributed by atoms with Gasteiger partial charge in [0, 0.05) is 39.8 Å². The Labute approximate surface area is 195 Å². The van der Waals surface area contributed by atoms with Crippen LogP contribution in [0.3, 0.4) is 0 Å². The van der Waals surface area contributed by atoms with Crippen molar-refractivity contribution in [3.63, 3.8) is 0 Å². The second kappa shape index (κ2) is 8.92. The van der Waals surface area contributed by atoms with Crippen LogP contribution in [0.2, 0.25) is 5.02 Å². The monoisotopic (exact) mass is 455 g/mol. The van der Waals surface area contributed by atoms with Gasteiger partial charge in [-0.15, -0.1) is 0 Å². The summed E-state index contributed by atoms with van der Waals surface area (Å²) in [5.41, 5.74) is 4.43. The van der Waals surface area contributed by atoms with Crippen molar-refractivity contribution >= 4 is 28.3 Å². The molecule has 3 aromatic heterocycles. The molecule has 0 aliphatic carbocycles. The largest absolute Gasteiger partial charge is 0.363 e. The molecule has 0 amide bonds. The fraction of sp³-hybridized carbons (Fsp3) is 0.115. The SMILES string of the molecule is C[C@H](Nc1cc(-c2cncn2Cc2ccccc2)ccn1)c1cc2cc(Cl)ccc2[nH]c1=O. The molecule has 5 aromatic rings. The van der Waals surface area contributed by atoms with E-state index < -0.39 is 0 Å². The standard InChI is InChI=1S/C26H22ClN5O/c1-17(22-12-20-11-21(27)7-8-23(20)31-26(22)33)30-25-13-19(9-10-29-25)24-14-28-16-32(24)15-18-5-3-2-4-6-18/h2-14,16-17H,15H2,1H3,(H,29,30)(H,31,33)/t17-/m0/s1. The van der Waals surface area contributed by atoms with Crippen molar-refractivity contribution in [2.75, 3.05) is 5.32 Å². The third kappa shape index (κ3) is 4.52. The Kier molecular flexibility index (Phi) is 5.67. The minimum Gasteiger partial charge on any atom is -0.363 e. The van der Waals surface area contributed by atoms with Crippen LogP contribution in [-0.4, -0.2) is 19.5 Å². The molecule has 0 spiro atoms. The van der Waals surface area contributed by atoms with Gasteiger partial charge in [-0.3, -0.25) is 4.79 Å². The number of anilines is 1. The smallest absolute Gasteiger partial charge is 0.253 e. The van der Waals surface area contributed by atoms with Crippen molar-refractivity contribution in [1.82, 2.24) is 19.5 Å².